The van der Waals surface area contributed by atoms with Crippen LogP contribution in [0.5, 0.6) is 11.5 Å². The summed E-state index contributed by atoms with van der Waals surface area (Å²) >= 11 is 0. The summed E-state index contributed by atoms with van der Waals surface area (Å²) in [4.78, 5) is 26.7. The predicted molar refractivity (Wildman–Crippen MR) is 95.9 cm³/mol. The SMILES string of the molecule is CC(CNC(=O)CCC(=O)c1ccc2c(c1)OCCO2)N1CCOCC1. The summed E-state index contributed by atoms with van der Waals surface area (Å²) in [5.74, 6) is 1.07. The van der Waals surface area contributed by atoms with E-state index in [0.29, 0.717) is 36.8 Å². The molecule has 142 valence electrons. The molecule has 2 heterocycles. The van der Waals surface area contributed by atoms with Gasteiger partial charge < -0.3 is 19.5 Å². The minimum absolute atomic E-state index is 0.0710. The Hall–Kier alpha value is -2.12. The van der Waals surface area contributed by atoms with Crippen molar-refractivity contribution < 1.29 is 23.8 Å². The maximum Gasteiger partial charge on any atom is 0.220 e. The molecule has 1 fully saturated rings. The number of hydrogen-bond acceptors (Lipinski definition) is 6. The van der Waals surface area contributed by atoms with Gasteiger partial charge in [-0.25, -0.2) is 0 Å². The molecule has 1 aromatic rings. The fraction of sp³-hybridized carbons (Fsp3) is 0.579. The van der Waals surface area contributed by atoms with Crippen LogP contribution in [0, 0.1) is 0 Å². The molecule has 1 saturated heterocycles. The van der Waals surface area contributed by atoms with Gasteiger partial charge in [-0.2, -0.15) is 0 Å². The van der Waals surface area contributed by atoms with Crippen LogP contribution in [-0.4, -0.2) is 68.7 Å². The lowest BCUT2D eigenvalue weighted by atomic mass is 10.1. The molecule has 1 N–H and O–H groups in total. The third kappa shape index (κ3) is 4.95. The first-order valence-electron chi connectivity index (χ1n) is 9.15. The Balaban J connectivity index is 1.41. The van der Waals surface area contributed by atoms with Crippen molar-refractivity contribution in [1.29, 1.82) is 0 Å². The molecule has 2 aliphatic heterocycles. The van der Waals surface area contributed by atoms with E-state index in [4.69, 9.17) is 14.2 Å². The van der Waals surface area contributed by atoms with Gasteiger partial charge in [0.1, 0.15) is 13.2 Å². The van der Waals surface area contributed by atoms with Gasteiger partial charge in [-0.1, -0.05) is 0 Å². The number of morpholine rings is 1. The van der Waals surface area contributed by atoms with Gasteiger partial charge >= 0.3 is 0 Å². The molecule has 26 heavy (non-hydrogen) atoms. The van der Waals surface area contributed by atoms with Gasteiger partial charge in [-0.15, -0.1) is 0 Å². The van der Waals surface area contributed by atoms with Gasteiger partial charge in [0, 0.05) is 44.1 Å². The number of hydrogen-bond donors (Lipinski definition) is 1. The number of ether oxygens (including phenoxy) is 3. The Morgan fingerprint density at radius 2 is 1.81 bits per heavy atom. The topological polar surface area (TPSA) is 77.1 Å². The number of nitrogens with zero attached hydrogens (tertiary/aromatic N) is 1. The van der Waals surface area contributed by atoms with Crippen LogP contribution in [0.25, 0.3) is 0 Å². The summed E-state index contributed by atoms with van der Waals surface area (Å²) in [6.07, 6.45) is 0.362. The molecular formula is C19H26N2O5. The lowest BCUT2D eigenvalue weighted by molar-refractivity contribution is -0.121. The maximum absolute atomic E-state index is 12.3. The van der Waals surface area contributed by atoms with Crippen molar-refractivity contribution in [2.24, 2.45) is 0 Å². The molecule has 3 rings (SSSR count). The Kier molecular flexibility index (Phi) is 6.46. The van der Waals surface area contributed by atoms with Crippen LogP contribution in [0.4, 0.5) is 0 Å². The lowest BCUT2D eigenvalue weighted by Gasteiger charge is -2.32. The molecule has 0 aliphatic carbocycles. The van der Waals surface area contributed by atoms with E-state index in [0.717, 1.165) is 26.3 Å². The van der Waals surface area contributed by atoms with Gasteiger partial charge in [0.15, 0.2) is 17.3 Å². The zero-order valence-electron chi connectivity index (χ0n) is 15.2. The van der Waals surface area contributed by atoms with E-state index in [1.165, 1.54) is 0 Å². The monoisotopic (exact) mass is 362 g/mol. The average molecular weight is 362 g/mol. The second-order valence-electron chi connectivity index (χ2n) is 6.58. The molecule has 7 heteroatoms. The van der Waals surface area contributed by atoms with Gasteiger partial charge in [0.2, 0.25) is 5.91 Å². The number of rotatable bonds is 7. The third-order valence-corrected chi connectivity index (χ3v) is 4.71. The van der Waals surface area contributed by atoms with Crippen LogP contribution in [0.15, 0.2) is 18.2 Å². The molecule has 0 radical (unpaired) electrons. The molecule has 2 aliphatic rings. The first-order chi connectivity index (χ1) is 12.6. The highest BCUT2D eigenvalue weighted by molar-refractivity contribution is 5.98. The fourth-order valence-electron chi connectivity index (χ4n) is 3.09. The largest absolute Gasteiger partial charge is 0.486 e. The molecule has 0 spiro atoms. The molecule has 0 saturated carbocycles. The van der Waals surface area contributed by atoms with Crippen LogP contribution >= 0.6 is 0 Å². The second-order valence-corrected chi connectivity index (χ2v) is 6.58. The smallest absolute Gasteiger partial charge is 0.220 e. The quantitative estimate of drug-likeness (QED) is 0.736. The molecular weight excluding hydrogens is 336 g/mol. The van der Waals surface area contributed by atoms with Crippen LogP contribution in [0.1, 0.15) is 30.1 Å². The minimum atomic E-state index is -0.101. The molecule has 1 unspecified atom stereocenters. The lowest BCUT2D eigenvalue weighted by Crippen LogP contribution is -2.47. The Morgan fingerprint density at radius 1 is 1.08 bits per heavy atom. The Bertz CT molecular complexity index is 643. The summed E-state index contributed by atoms with van der Waals surface area (Å²) in [7, 11) is 0. The van der Waals surface area contributed by atoms with E-state index in [9.17, 15) is 9.59 Å². The number of nitrogens with one attached hydrogen (secondary N) is 1. The maximum atomic E-state index is 12.3. The predicted octanol–water partition coefficient (Wildman–Crippen LogP) is 1.26. The molecule has 1 atom stereocenters. The van der Waals surface area contributed by atoms with Gasteiger partial charge in [-0.05, 0) is 25.1 Å². The molecule has 1 amide bonds. The third-order valence-electron chi connectivity index (χ3n) is 4.71. The summed E-state index contributed by atoms with van der Waals surface area (Å²) in [6.45, 7) is 6.92. The van der Waals surface area contributed by atoms with Gasteiger partial charge in [0.25, 0.3) is 0 Å². The molecule has 0 bridgehead atoms. The second kappa shape index (κ2) is 9.00. The number of benzene rings is 1. The van der Waals surface area contributed by atoms with Crippen LogP contribution < -0.4 is 14.8 Å². The summed E-state index contributed by atoms with van der Waals surface area (Å²) in [6, 6.07) is 5.41. The van der Waals surface area contributed by atoms with E-state index in [1.54, 1.807) is 18.2 Å². The van der Waals surface area contributed by atoms with Gasteiger partial charge in [-0.3, -0.25) is 14.5 Å². The summed E-state index contributed by atoms with van der Waals surface area (Å²) in [5, 5.41) is 2.92. The van der Waals surface area contributed by atoms with Crippen molar-refractivity contribution in [3.8, 4) is 11.5 Å². The average Bonchev–Trinajstić information content (AvgIpc) is 2.70. The Labute approximate surface area is 153 Å². The van der Waals surface area contributed by atoms with E-state index in [2.05, 4.69) is 17.1 Å². The first-order valence-corrected chi connectivity index (χ1v) is 9.15. The number of Topliss-reactive ketones (excluding diaryl/α,β-unsaturated/α-hetero) is 1. The van der Waals surface area contributed by atoms with E-state index >= 15 is 0 Å². The van der Waals surface area contributed by atoms with E-state index in [-0.39, 0.29) is 30.6 Å². The highest BCUT2D eigenvalue weighted by Crippen LogP contribution is 2.31. The number of carbonyl (C=O) groups is 2. The minimum Gasteiger partial charge on any atom is -0.486 e. The van der Waals surface area contributed by atoms with Crippen molar-refractivity contribution in [2.45, 2.75) is 25.8 Å². The van der Waals surface area contributed by atoms with Crippen molar-refractivity contribution in [1.82, 2.24) is 10.2 Å². The standard InChI is InChI=1S/C19H26N2O5/c1-14(21-6-8-24-9-7-21)13-20-19(23)5-3-16(22)15-2-4-17-18(12-15)26-11-10-25-17/h2,4,12,14H,3,5-11,13H2,1H3,(H,20,23). The highest BCUT2D eigenvalue weighted by atomic mass is 16.6. The van der Waals surface area contributed by atoms with Gasteiger partial charge in [0.05, 0.1) is 13.2 Å². The van der Waals surface area contributed by atoms with Crippen molar-refractivity contribution in [3.63, 3.8) is 0 Å². The fourth-order valence-corrected chi connectivity index (χ4v) is 3.09. The van der Waals surface area contributed by atoms with E-state index < -0.39 is 0 Å². The zero-order valence-corrected chi connectivity index (χ0v) is 15.2. The molecule has 0 aromatic heterocycles. The van der Waals surface area contributed by atoms with Crippen LogP contribution in [-0.2, 0) is 9.53 Å². The summed E-state index contributed by atoms with van der Waals surface area (Å²) < 4.78 is 16.3. The molecule has 1 aromatic carbocycles. The van der Waals surface area contributed by atoms with Crippen molar-refractivity contribution in [2.75, 3.05) is 46.1 Å². The van der Waals surface area contributed by atoms with Crippen LogP contribution in [0.2, 0.25) is 0 Å². The molecule has 7 nitrogen and oxygen atoms in total. The number of fused-ring (bicyclic) bond motifs is 1. The summed E-state index contributed by atoms with van der Waals surface area (Å²) in [5.41, 5.74) is 0.545. The first kappa shape index (κ1) is 18.7. The zero-order chi connectivity index (χ0) is 18.4. The van der Waals surface area contributed by atoms with E-state index in [1.807, 2.05) is 0 Å². The number of carbonyl (C=O) groups excluding carboxylic acids is 2. The van der Waals surface area contributed by atoms with Crippen molar-refractivity contribution >= 4 is 11.7 Å². The highest BCUT2D eigenvalue weighted by Gasteiger charge is 2.18. The number of ketones is 1. The Morgan fingerprint density at radius 3 is 2.58 bits per heavy atom. The van der Waals surface area contributed by atoms with Crippen molar-refractivity contribution in [3.05, 3.63) is 23.8 Å². The normalized spacial score (nSPS) is 18.2. The van der Waals surface area contributed by atoms with Crippen LogP contribution in [0.3, 0.4) is 0 Å². The number of amides is 1.